The zero-order chi connectivity index (χ0) is 28.9. The van der Waals surface area contributed by atoms with Crippen LogP contribution in [0.25, 0.3) is 10.9 Å². The van der Waals surface area contributed by atoms with E-state index < -0.39 is 6.03 Å². The van der Waals surface area contributed by atoms with Crippen molar-refractivity contribution < 1.29 is 28.2 Å². The number of nitrogens with zero attached hydrogens (tertiary/aromatic N) is 3. The Kier molecular flexibility index (Phi) is 8.31. The third kappa shape index (κ3) is 6.38. The standard InChI is InChI=1S/C30H32ClN5O6/c1-38-26-14-22-25(15-27(26)41-11-2-8-36-9-6-30(7-10-36)17-40-18-30)32-19-33-28(22)42-21-3-4-24(23(31)13-21)35-29(37)34-20-5-12-39-16-20/h3-5,12-16,19H,2,6-11,17-18H2,1H3,(H2,34,35,37). The summed E-state index contributed by atoms with van der Waals surface area (Å²) in [6, 6.07) is 9.74. The maximum Gasteiger partial charge on any atom is 0.323 e. The molecule has 0 unspecified atom stereocenters. The lowest BCUT2D eigenvalue weighted by molar-refractivity contribution is -0.139. The summed E-state index contributed by atoms with van der Waals surface area (Å²) in [6.07, 6.45) is 7.67. The van der Waals surface area contributed by atoms with Crippen LogP contribution < -0.4 is 24.8 Å². The van der Waals surface area contributed by atoms with Gasteiger partial charge in [0.1, 0.15) is 18.3 Å². The molecule has 0 atom stereocenters. The molecule has 2 aromatic heterocycles. The van der Waals surface area contributed by atoms with E-state index in [1.54, 1.807) is 31.4 Å². The Morgan fingerprint density at radius 2 is 1.95 bits per heavy atom. The number of ether oxygens (including phenoxy) is 4. The number of anilines is 2. The summed E-state index contributed by atoms with van der Waals surface area (Å²) in [5.41, 5.74) is 2.04. The number of furan rings is 1. The molecule has 2 amide bonds. The van der Waals surface area contributed by atoms with Crippen molar-refractivity contribution in [2.24, 2.45) is 5.41 Å². The van der Waals surface area contributed by atoms with Crippen LogP contribution >= 0.6 is 11.6 Å². The number of piperidine rings is 1. The number of hydrogen-bond acceptors (Lipinski definition) is 9. The van der Waals surface area contributed by atoms with Gasteiger partial charge >= 0.3 is 6.03 Å². The number of fused-ring (bicyclic) bond motifs is 1. The molecule has 4 heterocycles. The van der Waals surface area contributed by atoms with Crippen LogP contribution in [0.15, 0.2) is 59.7 Å². The van der Waals surface area contributed by atoms with Crippen LogP contribution in [0.2, 0.25) is 5.02 Å². The Balaban J connectivity index is 1.07. The van der Waals surface area contributed by atoms with Gasteiger partial charge in [-0.2, -0.15) is 0 Å². The Morgan fingerprint density at radius 3 is 2.67 bits per heavy atom. The van der Waals surface area contributed by atoms with Crippen LogP contribution in [0.1, 0.15) is 19.3 Å². The molecule has 1 spiro atoms. The molecule has 0 radical (unpaired) electrons. The lowest BCUT2D eigenvalue weighted by atomic mass is 9.77. The van der Waals surface area contributed by atoms with Crippen molar-refractivity contribution in [1.82, 2.24) is 14.9 Å². The normalized spacial score (nSPS) is 16.1. The van der Waals surface area contributed by atoms with Gasteiger partial charge in [-0.15, -0.1) is 0 Å². The first-order valence-electron chi connectivity index (χ1n) is 13.8. The van der Waals surface area contributed by atoms with Crippen LogP contribution in [0.5, 0.6) is 23.1 Å². The van der Waals surface area contributed by atoms with Gasteiger partial charge in [-0.3, -0.25) is 0 Å². The molecule has 4 aromatic rings. The van der Waals surface area contributed by atoms with Crippen molar-refractivity contribution in [2.45, 2.75) is 19.3 Å². The topological polar surface area (TPSA) is 120 Å². The maximum absolute atomic E-state index is 12.2. The zero-order valence-corrected chi connectivity index (χ0v) is 24.0. The molecular weight excluding hydrogens is 562 g/mol. The van der Waals surface area contributed by atoms with Crippen molar-refractivity contribution in [1.29, 1.82) is 0 Å². The van der Waals surface area contributed by atoms with Crippen molar-refractivity contribution >= 4 is 39.9 Å². The second-order valence-corrected chi connectivity index (χ2v) is 11.0. The third-order valence-corrected chi connectivity index (χ3v) is 7.99. The quantitative estimate of drug-likeness (QED) is 0.207. The van der Waals surface area contributed by atoms with E-state index in [1.165, 1.54) is 31.7 Å². The molecule has 6 rings (SSSR count). The molecule has 0 bridgehead atoms. The van der Waals surface area contributed by atoms with E-state index in [0.29, 0.717) is 62.5 Å². The van der Waals surface area contributed by atoms with Gasteiger partial charge in [0.15, 0.2) is 11.5 Å². The second-order valence-electron chi connectivity index (χ2n) is 10.6. The minimum atomic E-state index is -0.456. The van der Waals surface area contributed by atoms with Crippen LogP contribution in [-0.4, -0.2) is 67.5 Å². The summed E-state index contributed by atoms with van der Waals surface area (Å²) in [6.45, 7) is 5.66. The highest BCUT2D eigenvalue weighted by Crippen LogP contribution is 2.39. The SMILES string of the molecule is COc1cc2c(Oc3ccc(NC(=O)Nc4ccoc4)c(Cl)c3)ncnc2cc1OCCCN1CCC2(CC1)COC2. The number of halogens is 1. The Hall–Kier alpha value is -4.06. The number of carbonyl (C=O) groups is 1. The maximum atomic E-state index is 12.2. The van der Waals surface area contributed by atoms with Gasteiger partial charge in [0.25, 0.3) is 0 Å². The first-order chi connectivity index (χ1) is 20.5. The molecule has 2 aliphatic rings. The number of urea groups is 1. The minimum Gasteiger partial charge on any atom is -0.493 e. The molecular formula is C30H32ClN5O6. The molecule has 2 fully saturated rings. The van der Waals surface area contributed by atoms with E-state index in [2.05, 4.69) is 25.5 Å². The Labute approximate surface area is 248 Å². The van der Waals surface area contributed by atoms with Crippen LogP contribution in [0, 0.1) is 5.41 Å². The highest BCUT2D eigenvalue weighted by Gasteiger charge is 2.40. The van der Waals surface area contributed by atoms with Crippen molar-refractivity contribution in [3.63, 3.8) is 0 Å². The fourth-order valence-corrected chi connectivity index (χ4v) is 5.41. The van der Waals surface area contributed by atoms with Gasteiger partial charge in [-0.1, -0.05) is 11.6 Å². The summed E-state index contributed by atoms with van der Waals surface area (Å²) < 4.78 is 28.2. The molecule has 2 aliphatic heterocycles. The number of rotatable bonds is 10. The number of benzene rings is 2. The largest absolute Gasteiger partial charge is 0.493 e. The summed E-state index contributed by atoms with van der Waals surface area (Å²) in [5, 5.41) is 6.29. The minimum absolute atomic E-state index is 0.294. The summed E-state index contributed by atoms with van der Waals surface area (Å²) in [7, 11) is 1.60. The van der Waals surface area contributed by atoms with E-state index in [0.717, 1.165) is 39.3 Å². The number of nitrogens with one attached hydrogen (secondary N) is 2. The number of likely N-dealkylation sites (tertiary alicyclic amines) is 1. The monoisotopic (exact) mass is 593 g/mol. The molecule has 42 heavy (non-hydrogen) atoms. The van der Waals surface area contributed by atoms with E-state index in [9.17, 15) is 4.79 Å². The third-order valence-electron chi connectivity index (χ3n) is 7.68. The van der Waals surface area contributed by atoms with Crippen molar-refractivity contribution in [2.75, 3.05) is 57.2 Å². The lowest BCUT2D eigenvalue weighted by Crippen LogP contribution is -2.51. The van der Waals surface area contributed by atoms with Gasteiger partial charge in [-0.05, 0) is 50.6 Å². The predicted molar refractivity (Wildman–Crippen MR) is 158 cm³/mol. The number of methoxy groups -OCH3 is 1. The fraction of sp³-hybridized carbons (Fsp3) is 0.367. The number of aromatic nitrogens is 2. The van der Waals surface area contributed by atoms with E-state index in [1.807, 2.05) is 12.1 Å². The molecule has 0 aliphatic carbocycles. The van der Waals surface area contributed by atoms with Gasteiger partial charge in [0.05, 0.1) is 60.5 Å². The highest BCUT2D eigenvalue weighted by molar-refractivity contribution is 6.34. The average molecular weight is 594 g/mol. The van der Waals surface area contributed by atoms with Crippen molar-refractivity contribution in [3.8, 4) is 23.1 Å². The average Bonchev–Trinajstić information content (AvgIpc) is 3.49. The van der Waals surface area contributed by atoms with Gasteiger partial charge in [0.2, 0.25) is 5.88 Å². The first-order valence-corrected chi connectivity index (χ1v) is 14.2. The van der Waals surface area contributed by atoms with Crippen LogP contribution in [-0.2, 0) is 4.74 Å². The van der Waals surface area contributed by atoms with Gasteiger partial charge in [-0.25, -0.2) is 14.8 Å². The van der Waals surface area contributed by atoms with Gasteiger partial charge < -0.3 is 38.9 Å². The summed E-state index contributed by atoms with van der Waals surface area (Å²) >= 11 is 6.42. The van der Waals surface area contributed by atoms with E-state index in [-0.39, 0.29) is 0 Å². The highest BCUT2D eigenvalue weighted by atomic mass is 35.5. The Morgan fingerprint density at radius 1 is 1.10 bits per heavy atom. The molecule has 220 valence electrons. The molecule has 0 saturated carbocycles. The molecule has 2 saturated heterocycles. The zero-order valence-electron chi connectivity index (χ0n) is 23.2. The van der Waals surface area contributed by atoms with E-state index >= 15 is 0 Å². The molecule has 12 heteroatoms. The lowest BCUT2D eigenvalue weighted by Gasteiger charge is -2.47. The first kappa shape index (κ1) is 28.1. The van der Waals surface area contributed by atoms with Crippen LogP contribution in [0.3, 0.4) is 0 Å². The van der Waals surface area contributed by atoms with Crippen molar-refractivity contribution in [3.05, 3.63) is 60.3 Å². The van der Waals surface area contributed by atoms with Gasteiger partial charge in [0, 0.05) is 30.2 Å². The number of carbonyl (C=O) groups excluding carboxylic acids is 1. The molecule has 2 N–H and O–H groups in total. The Bertz CT molecular complexity index is 1530. The summed E-state index contributed by atoms with van der Waals surface area (Å²) in [5.74, 6) is 1.95. The van der Waals surface area contributed by atoms with Crippen LogP contribution in [0.4, 0.5) is 16.2 Å². The number of hydrogen-bond donors (Lipinski definition) is 2. The fourth-order valence-electron chi connectivity index (χ4n) is 5.19. The molecule has 2 aromatic carbocycles. The predicted octanol–water partition coefficient (Wildman–Crippen LogP) is 6.20. The van der Waals surface area contributed by atoms with E-state index in [4.69, 9.17) is 35.0 Å². The molecule has 11 nitrogen and oxygen atoms in total. The smallest absolute Gasteiger partial charge is 0.323 e. The summed E-state index contributed by atoms with van der Waals surface area (Å²) in [4.78, 5) is 23.5. The second kappa shape index (κ2) is 12.4. The number of amides is 2.